The first-order chi connectivity index (χ1) is 9.70. The normalized spacial score (nSPS) is 11.8. The summed E-state index contributed by atoms with van der Waals surface area (Å²) in [4.78, 5) is 14.4. The standard InChI is InChI=1S/C17H31NO2/c1-16(15-17(19)20-3)13-11-9-7-5-4-6-8-10-12-14-18-2/h16H,4-15H2,1,3H3. The summed E-state index contributed by atoms with van der Waals surface area (Å²) < 4.78 is 4.67. The second kappa shape index (κ2) is 14.4. The lowest BCUT2D eigenvalue weighted by Crippen LogP contribution is -2.06. The molecule has 0 rings (SSSR count). The van der Waals surface area contributed by atoms with Crippen LogP contribution in [0.4, 0.5) is 0 Å². The van der Waals surface area contributed by atoms with Crippen molar-refractivity contribution in [2.24, 2.45) is 5.92 Å². The van der Waals surface area contributed by atoms with Crippen molar-refractivity contribution in [2.45, 2.75) is 77.6 Å². The fourth-order valence-electron chi connectivity index (χ4n) is 2.39. The van der Waals surface area contributed by atoms with E-state index >= 15 is 0 Å². The Hall–Kier alpha value is -1.04. The van der Waals surface area contributed by atoms with Crippen LogP contribution in [0.25, 0.3) is 4.85 Å². The van der Waals surface area contributed by atoms with Crippen molar-refractivity contribution in [2.75, 3.05) is 13.7 Å². The Bertz CT molecular complexity index is 271. The highest BCUT2D eigenvalue weighted by Crippen LogP contribution is 2.15. The molecule has 0 amide bonds. The highest BCUT2D eigenvalue weighted by atomic mass is 16.5. The van der Waals surface area contributed by atoms with Gasteiger partial charge in [-0.1, -0.05) is 58.3 Å². The lowest BCUT2D eigenvalue weighted by Gasteiger charge is -2.09. The molecule has 3 nitrogen and oxygen atoms in total. The molecule has 0 aliphatic heterocycles. The van der Waals surface area contributed by atoms with Gasteiger partial charge in [-0.3, -0.25) is 4.79 Å². The first kappa shape index (κ1) is 19.0. The number of carbonyl (C=O) groups is 1. The van der Waals surface area contributed by atoms with Gasteiger partial charge >= 0.3 is 5.97 Å². The van der Waals surface area contributed by atoms with Crippen LogP contribution in [0.3, 0.4) is 0 Å². The quantitative estimate of drug-likeness (QED) is 0.270. The summed E-state index contributed by atoms with van der Waals surface area (Å²) in [6.45, 7) is 9.51. The molecule has 20 heavy (non-hydrogen) atoms. The Morgan fingerprint density at radius 3 is 2.00 bits per heavy atom. The predicted octanol–water partition coefficient (Wildman–Crippen LogP) is 5.01. The summed E-state index contributed by atoms with van der Waals surface area (Å²) in [5, 5.41) is 0. The van der Waals surface area contributed by atoms with Gasteiger partial charge in [0.15, 0.2) is 0 Å². The van der Waals surface area contributed by atoms with Crippen molar-refractivity contribution in [3.8, 4) is 0 Å². The topological polar surface area (TPSA) is 30.7 Å². The Labute approximate surface area is 124 Å². The lowest BCUT2D eigenvalue weighted by atomic mass is 9.99. The minimum absolute atomic E-state index is 0.0873. The molecule has 0 N–H and O–H groups in total. The summed E-state index contributed by atoms with van der Waals surface area (Å²) in [5.74, 6) is 0.362. The summed E-state index contributed by atoms with van der Waals surface area (Å²) >= 11 is 0. The number of methoxy groups -OCH3 is 1. The molecule has 1 unspecified atom stereocenters. The summed E-state index contributed by atoms with van der Waals surface area (Å²) in [6.07, 6.45) is 13.0. The van der Waals surface area contributed by atoms with Crippen molar-refractivity contribution in [1.29, 1.82) is 0 Å². The van der Waals surface area contributed by atoms with Crippen LogP contribution in [0, 0.1) is 12.5 Å². The number of esters is 1. The van der Waals surface area contributed by atoms with Gasteiger partial charge in [-0.25, -0.2) is 6.57 Å². The van der Waals surface area contributed by atoms with Crippen LogP contribution in [0.1, 0.15) is 77.6 Å². The number of rotatable bonds is 13. The minimum atomic E-state index is -0.0873. The van der Waals surface area contributed by atoms with Gasteiger partial charge in [-0.2, -0.15) is 0 Å². The van der Waals surface area contributed by atoms with Gasteiger partial charge in [0.1, 0.15) is 0 Å². The van der Waals surface area contributed by atoms with Crippen LogP contribution in [0.15, 0.2) is 0 Å². The zero-order chi connectivity index (χ0) is 15.1. The molecule has 0 saturated carbocycles. The van der Waals surface area contributed by atoms with Crippen LogP contribution < -0.4 is 0 Å². The number of hydrogen-bond acceptors (Lipinski definition) is 2. The van der Waals surface area contributed by atoms with Crippen LogP contribution in [-0.4, -0.2) is 19.6 Å². The minimum Gasteiger partial charge on any atom is -0.469 e. The molecule has 0 aliphatic carbocycles. The number of unbranched alkanes of at least 4 members (excludes halogenated alkanes) is 8. The maximum atomic E-state index is 11.1. The summed E-state index contributed by atoms with van der Waals surface area (Å²) in [6, 6.07) is 0. The number of carbonyl (C=O) groups excluding carboxylic acids is 1. The molecule has 0 heterocycles. The van der Waals surface area contributed by atoms with E-state index in [9.17, 15) is 4.79 Å². The van der Waals surface area contributed by atoms with Crippen LogP contribution in [-0.2, 0) is 9.53 Å². The summed E-state index contributed by atoms with van der Waals surface area (Å²) in [7, 11) is 1.46. The molecule has 0 fully saturated rings. The second-order valence-electron chi connectivity index (χ2n) is 5.74. The molecule has 1 atom stereocenters. The predicted molar refractivity (Wildman–Crippen MR) is 83.4 cm³/mol. The molecule has 0 bridgehead atoms. The first-order valence-electron chi connectivity index (χ1n) is 8.10. The average molecular weight is 281 g/mol. The Morgan fingerprint density at radius 2 is 1.50 bits per heavy atom. The molecule has 0 aromatic carbocycles. The Balaban J connectivity index is 3.17. The van der Waals surface area contributed by atoms with Crippen LogP contribution in [0.2, 0.25) is 0 Å². The maximum absolute atomic E-state index is 11.1. The van der Waals surface area contributed by atoms with Crippen molar-refractivity contribution >= 4 is 5.97 Å². The van der Waals surface area contributed by atoms with Crippen LogP contribution >= 0.6 is 0 Å². The Kier molecular flexibility index (Phi) is 13.6. The van der Waals surface area contributed by atoms with E-state index in [1.54, 1.807) is 0 Å². The fraction of sp³-hybridized carbons (Fsp3) is 0.882. The van der Waals surface area contributed by atoms with Crippen molar-refractivity contribution in [3.63, 3.8) is 0 Å². The molecule has 0 aliphatic rings. The zero-order valence-electron chi connectivity index (χ0n) is 13.3. The van der Waals surface area contributed by atoms with Gasteiger partial charge in [-0.05, 0) is 12.3 Å². The smallest absolute Gasteiger partial charge is 0.305 e. The average Bonchev–Trinajstić information content (AvgIpc) is 2.44. The molecule has 3 heteroatoms. The molecule has 0 spiro atoms. The molecule has 0 saturated heterocycles. The van der Waals surface area contributed by atoms with E-state index in [0.717, 1.165) is 12.8 Å². The van der Waals surface area contributed by atoms with Gasteiger partial charge < -0.3 is 9.58 Å². The molecule has 116 valence electrons. The molecular formula is C17H31NO2. The van der Waals surface area contributed by atoms with Gasteiger partial charge in [0.2, 0.25) is 6.54 Å². The van der Waals surface area contributed by atoms with E-state index in [4.69, 9.17) is 6.57 Å². The third kappa shape index (κ3) is 13.4. The van der Waals surface area contributed by atoms with E-state index < -0.39 is 0 Å². The van der Waals surface area contributed by atoms with Gasteiger partial charge in [-0.15, -0.1) is 0 Å². The zero-order valence-corrected chi connectivity index (χ0v) is 13.3. The first-order valence-corrected chi connectivity index (χ1v) is 8.10. The number of nitrogens with zero attached hydrogens (tertiary/aromatic N) is 1. The number of ether oxygens (including phenoxy) is 1. The number of hydrogen-bond donors (Lipinski definition) is 0. The van der Waals surface area contributed by atoms with Crippen molar-refractivity contribution in [1.82, 2.24) is 0 Å². The van der Waals surface area contributed by atoms with E-state index in [0.29, 0.717) is 18.9 Å². The largest absolute Gasteiger partial charge is 0.469 e. The molecule has 0 radical (unpaired) electrons. The molecule has 0 aromatic rings. The highest BCUT2D eigenvalue weighted by molar-refractivity contribution is 5.69. The third-order valence-corrected chi connectivity index (χ3v) is 3.71. The van der Waals surface area contributed by atoms with E-state index in [1.165, 1.54) is 58.5 Å². The van der Waals surface area contributed by atoms with E-state index in [-0.39, 0.29) is 5.97 Å². The van der Waals surface area contributed by atoms with Gasteiger partial charge in [0.05, 0.1) is 7.11 Å². The van der Waals surface area contributed by atoms with E-state index in [1.807, 2.05) is 0 Å². The van der Waals surface area contributed by atoms with Gasteiger partial charge in [0, 0.05) is 12.8 Å². The fourth-order valence-corrected chi connectivity index (χ4v) is 2.39. The third-order valence-electron chi connectivity index (χ3n) is 3.71. The molecule has 0 aromatic heterocycles. The van der Waals surface area contributed by atoms with Crippen molar-refractivity contribution in [3.05, 3.63) is 11.4 Å². The molecular weight excluding hydrogens is 250 g/mol. The van der Waals surface area contributed by atoms with Crippen LogP contribution in [0.5, 0.6) is 0 Å². The maximum Gasteiger partial charge on any atom is 0.305 e. The van der Waals surface area contributed by atoms with E-state index in [2.05, 4.69) is 16.5 Å². The summed E-state index contributed by atoms with van der Waals surface area (Å²) in [5.41, 5.74) is 0. The Morgan fingerprint density at radius 1 is 1.00 bits per heavy atom. The van der Waals surface area contributed by atoms with Crippen molar-refractivity contribution < 1.29 is 9.53 Å². The SMILES string of the molecule is [C-]#[N+]CCCCCCCCCCCC(C)CC(=O)OC. The highest BCUT2D eigenvalue weighted by Gasteiger charge is 2.08. The second-order valence-corrected chi connectivity index (χ2v) is 5.74. The van der Waals surface area contributed by atoms with Gasteiger partial charge in [0.25, 0.3) is 0 Å². The lowest BCUT2D eigenvalue weighted by molar-refractivity contribution is -0.141. The monoisotopic (exact) mass is 281 g/mol.